The summed E-state index contributed by atoms with van der Waals surface area (Å²) in [7, 11) is 0. The maximum Gasteiger partial charge on any atom is 0.317 e. The molecule has 2 amide bonds. The highest BCUT2D eigenvalue weighted by atomic mass is 35.5. The van der Waals surface area contributed by atoms with Crippen LogP contribution in [0.25, 0.3) is 0 Å². The molecule has 1 aromatic heterocycles. The first kappa shape index (κ1) is 21.1. The van der Waals surface area contributed by atoms with Crippen molar-refractivity contribution in [3.8, 4) is 0 Å². The highest BCUT2D eigenvalue weighted by molar-refractivity contribution is 6.31. The number of hydrogen-bond donors (Lipinski definition) is 1. The summed E-state index contributed by atoms with van der Waals surface area (Å²) >= 11 is 6.33. The van der Waals surface area contributed by atoms with E-state index in [0.29, 0.717) is 32.8 Å². The van der Waals surface area contributed by atoms with Gasteiger partial charge in [-0.2, -0.15) is 0 Å². The maximum atomic E-state index is 12.2. The zero-order chi connectivity index (χ0) is 21.1. The molecule has 1 N–H and O–H groups in total. The summed E-state index contributed by atoms with van der Waals surface area (Å²) in [5.74, 6) is 0. The van der Waals surface area contributed by atoms with Gasteiger partial charge in [0.2, 0.25) is 0 Å². The Morgan fingerprint density at radius 1 is 1.30 bits per heavy atom. The fourth-order valence-corrected chi connectivity index (χ4v) is 4.49. The number of ether oxygens (including phenoxy) is 1. The monoisotopic (exact) mass is 432 g/mol. The van der Waals surface area contributed by atoms with Gasteiger partial charge in [-0.05, 0) is 31.9 Å². The number of fused-ring (bicyclic) bond motifs is 1. The second-order valence-corrected chi connectivity index (χ2v) is 8.40. The summed E-state index contributed by atoms with van der Waals surface area (Å²) < 4.78 is 8.29. The molecule has 2 aliphatic rings. The molecule has 1 fully saturated rings. The second kappa shape index (κ2) is 8.91. The fraction of sp³-hybridized carbons (Fsp3) is 0.571. The second-order valence-electron chi connectivity index (χ2n) is 8.00. The van der Waals surface area contributed by atoms with Gasteiger partial charge in [0.15, 0.2) is 0 Å². The van der Waals surface area contributed by atoms with E-state index in [1.54, 1.807) is 4.90 Å². The van der Waals surface area contributed by atoms with Crippen LogP contribution in [0.2, 0.25) is 5.02 Å². The molecule has 1 atom stereocenters. The number of amides is 2. The van der Waals surface area contributed by atoms with Crippen molar-refractivity contribution in [3.05, 3.63) is 46.2 Å². The van der Waals surface area contributed by atoms with Gasteiger partial charge in [-0.3, -0.25) is 4.90 Å². The molecule has 3 heterocycles. The Morgan fingerprint density at radius 3 is 2.87 bits per heavy atom. The summed E-state index contributed by atoms with van der Waals surface area (Å²) in [6, 6.07) is 7.90. The Kier molecular flexibility index (Phi) is 6.26. The van der Waals surface area contributed by atoms with Crippen molar-refractivity contribution in [2.24, 2.45) is 0 Å². The van der Waals surface area contributed by atoms with Crippen molar-refractivity contribution in [2.45, 2.75) is 52.1 Å². The van der Waals surface area contributed by atoms with Crippen LogP contribution < -0.4 is 5.32 Å². The van der Waals surface area contributed by atoms with E-state index in [1.807, 2.05) is 36.7 Å². The number of carbonyl (C=O) groups is 1. The van der Waals surface area contributed by atoms with Gasteiger partial charge < -0.3 is 15.0 Å². The smallest absolute Gasteiger partial charge is 0.317 e. The molecule has 9 heteroatoms. The van der Waals surface area contributed by atoms with Crippen LogP contribution in [0.1, 0.15) is 37.2 Å². The third-order valence-electron chi connectivity index (χ3n) is 6.08. The van der Waals surface area contributed by atoms with Crippen molar-refractivity contribution in [1.82, 2.24) is 30.1 Å². The van der Waals surface area contributed by atoms with Crippen molar-refractivity contribution in [2.75, 3.05) is 26.2 Å². The lowest BCUT2D eigenvalue weighted by Crippen LogP contribution is -2.44. The maximum absolute atomic E-state index is 12.2. The molecule has 4 rings (SSSR count). The number of nitrogens with one attached hydrogen (secondary N) is 1. The molecule has 1 aromatic carbocycles. The summed E-state index contributed by atoms with van der Waals surface area (Å²) in [5, 5.41) is 12.4. The molecular formula is C21H29ClN6O2. The zero-order valence-corrected chi connectivity index (χ0v) is 18.4. The van der Waals surface area contributed by atoms with Gasteiger partial charge >= 0.3 is 6.03 Å². The number of urea groups is 1. The molecule has 0 bridgehead atoms. The minimum atomic E-state index is -0.246. The van der Waals surface area contributed by atoms with E-state index in [2.05, 4.69) is 26.6 Å². The molecule has 162 valence electrons. The van der Waals surface area contributed by atoms with E-state index in [4.69, 9.17) is 16.3 Å². The predicted octanol–water partition coefficient (Wildman–Crippen LogP) is 2.66. The summed E-state index contributed by atoms with van der Waals surface area (Å²) in [5.41, 5.74) is 2.62. The number of benzene rings is 1. The summed E-state index contributed by atoms with van der Waals surface area (Å²) in [4.78, 5) is 16.3. The van der Waals surface area contributed by atoms with Gasteiger partial charge in [-0.25, -0.2) is 9.48 Å². The van der Waals surface area contributed by atoms with E-state index in [-0.39, 0.29) is 11.6 Å². The molecule has 30 heavy (non-hydrogen) atoms. The van der Waals surface area contributed by atoms with Crippen LogP contribution in [0, 0.1) is 0 Å². The molecule has 0 aliphatic carbocycles. The fourth-order valence-electron chi connectivity index (χ4n) is 4.29. The van der Waals surface area contributed by atoms with E-state index < -0.39 is 0 Å². The van der Waals surface area contributed by atoms with Gasteiger partial charge in [0.25, 0.3) is 0 Å². The van der Waals surface area contributed by atoms with Gasteiger partial charge in [-0.1, -0.05) is 35.0 Å². The zero-order valence-electron chi connectivity index (χ0n) is 17.6. The molecule has 8 nitrogen and oxygen atoms in total. The Morgan fingerprint density at radius 2 is 2.10 bits per heavy atom. The molecule has 1 unspecified atom stereocenters. The molecule has 2 aliphatic heterocycles. The van der Waals surface area contributed by atoms with Gasteiger partial charge in [0, 0.05) is 37.7 Å². The van der Waals surface area contributed by atoms with Crippen LogP contribution in [0.15, 0.2) is 24.3 Å². The number of hydrogen-bond acceptors (Lipinski definition) is 5. The van der Waals surface area contributed by atoms with Crippen molar-refractivity contribution >= 4 is 17.6 Å². The van der Waals surface area contributed by atoms with Gasteiger partial charge in [0.05, 0.1) is 25.4 Å². The largest absolute Gasteiger partial charge is 0.365 e. The van der Waals surface area contributed by atoms with Crippen LogP contribution in [-0.2, 0) is 31.0 Å². The minimum Gasteiger partial charge on any atom is -0.365 e. The Labute approximate surface area is 182 Å². The highest BCUT2D eigenvalue weighted by Crippen LogP contribution is 2.33. The van der Waals surface area contributed by atoms with Gasteiger partial charge in [-0.15, -0.1) is 5.10 Å². The van der Waals surface area contributed by atoms with Gasteiger partial charge in [0.1, 0.15) is 11.3 Å². The number of carbonyl (C=O) groups excluding carboxylic acids is 1. The van der Waals surface area contributed by atoms with Crippen molar-refractivity contribution in [1.29, 1.82) is 0 Å². The highest BCUT2D eigenvalue weighted by Gasteiger charge is 2.43. The number of rotatable bonds is 6. The number of aromatic nitrogens is 3. The first-order valence-electron chi connectivity index (χ1n) is 10.6. The van der Waals surface area contributed by atoms with Crippen molar-refractivity contribution in [3.63, 3.8) is 0 Å². The van der Waals surface area contributed by atoms with E-state index >= 15 is 0 Å². The number of halogens is 1. The quantitative estimate of drug-likeness (QED) is 0.759. The van der Waals surface area contributed by atoms with Crippen LogP contribution >= 0.6 is 11.6 Å². The first-order chi connectivity index (χ1) is 14.5. The van der Waals surface area contributed by atoms with E-state index in [1.165, 1.54) is 0 Å². The third-order valence-corrected chi connectivity index (χ3v) is 6.44. The van der Waals surface area contributed by atoms with Crippen LogP contribution in [0.4, 0.5) is 4.79 Å². The van der Waals surface area contributed by atoms with Crippen LogP contribution in [-0.4, -0.2) is 62.6 Å². The Bertz CT molecular complexity index is 899. The van der Waals surface area contributed by atoms with Crippen molar-refractivity contribution < 1.29 is 9.53 Å². The molecule has 0 radical (unpaired) electrons. The molecule has 1 saturated heterocycles. The van der Waals surface area contributed by atoms with E-state index in [9.17, 15) is 4.79 Å². The lowest BCUT2D eigenvalue weighted by atomic mass is 10.0. The molecule has 1 spiro atoms. The average molecular weight is 433 g/mol. The third kappa shape index (κ3) is 4.31. The summed E-state index contributed by atoms with van der Waals surface area (Å²) in [6.45, 7) is 9.41. The van der Waals surface area contributed by atoms with Crippen LogP contribution in [0.3, 0.4) is 0 Å². The lowest BCUT2D eigenvalue weighted by Gasteiger charge is -2.34. The SMILES string of the molecule is CCN(CC)C(=O)NCc1nnn2c1COC1(CCN(Cc3ccccc3Cl)C1)C2. The average Bonchev–Trinajstić information content (AvgIpc) is 3.33. The minimum absolute atomic E-state index is 0.0824. The molecular weight excluding hydrogens is 404 g/mol. The summed E-state index contributed by atoms with van der Waals surface area (Å²) in [6.07, 6.45) is 0.949. The molecule has 0 saturated carbocycles. The Hall–Kier alpha value is -2.16. The topological polar surface area (TPSA) is 75.5 Å². The molecule has 2 aromatic rings. The first-order valence-corrected chi connectivity index (χ1v) is 10.9. The normalized spacial score (nSPS) is 21.0. The number of likely N-dealkylation sites (tertiary alicyclic amines) is 1. The lowest BCUT2D eigenvalue weighted by molar-refractivity contribution is -0.0845. The predicted molar refractivity (Wildman–Crippen MR) is 114 cm³/mol. The Balaban J connectivity index is 1.37. The van der Waals surface area contributed by atoms with Crippen LogP contribution in [0.5, 0.6) is 0 Å². The van der Waals surface area contributed by atoms with E-state index in [0.717, 1.165) is 48.0 Å². The standard InChI is InChI=1S/C21H29ClN6O2/c1-3-27(4-2)20(29)23-11-18-19-13-30-21(15-28(19)25-24-18)9-10-26(14-21)12-16-7-5-6-8-17(16)22/h5-8H,3-4,9-15H2,1-2H3,(H,23,29). The number of nitrogens with zero attached hydrogens (tertiary/aromatic N) is 5.